The summed E-state index contributed by atoms with van der Waals surface area (Å²) in [6.07, 6.45) is 1.73. The topological polar surface area (TPSA) is 75.7 Å². The Morgan fingerprint density at radius 3 is 2.57 bits per heavy atom. The van der Waals surface area contributed by atoms with Crippen LogP contribution < -0.4 is 9.46 Å². The van der Waals surface area contributed by atoms with E-state index in [4.69, 9.17) is 4.74 Å². The van der Waals surface area contributed by atoms with Gasteiger partial charge in [-0.2, -0.15) is 0 Å². The maximum absolute atomic E-state index is 12.6. The van der Waals surface area contributed by atoms with E-state index in [1.807, 2.05) is 19.9 Å². The molecular weight excluding hydrogens is 316 g/mol. The Hall–Kier alpha value is -1.60. The summed E-state index contributed by atoms with van der Waals surface area (Å²) in [5.41, 5.74) is 0.856. The maximum atomic E-state index is 12.6. The normalized spacial score (nSPS) is 16.4. The number of hydrogen-bond acceptors (Lipinski definition) is 4. The summed E-state index contributed by atoms with van der Waals surface area (Å²) in [6.45, 7) is 4.85. The Bertz CT molecular complexity index is 665. The van der Waals surface area contributed by atoms with Gasteiger partial charge in [-0.15, -0.1) is 0 Å². The van der Waals surface area contributed by atoms with Crippen LogP contribution >= 0.6 is 0 Å². The van der Waals surface area contributed by atoms with Gasteiger partial charge in [0.25, 0.3) is 0 Å². The van der Waals surface area contributed by atoms with E-state index in [0.29, 0.717) is 38.1 Å². The molecule has 1 aromatic rings. The van der Waals surface area contributed by atoms with Gasteiger partial charge in [-0.3, -0.25) is 4.79 Å². The lowest BCUT2D eigenvalue weighted by molar-refractivity contribution is -0.131. The summed E-state index contributed by atoms with van der Waals surface area (Å²) in [6, 6.07) is 4.92. The van der Waals surface area contributed by atoms with Crippen LogP contribution in [-0.4, -0.2) is 45.5 Å². The van der Waals surface area contributed by atoms with Gasteiger partial charge in [0, 0.05) is 25.6 Å². The quantitative estimate of drug-likeness (QED) is 0.885. The van der Waals surface area contributed by atoms with Crippen LogP contribution in [0.15, 0.2) is 23.1 Å². The van der Waals surface area contributed by atoms with E-state index in [9.17, 15) is 13.2 Å². The van der Waals surface area contributed by atoms with Gasteiger partial charge in [0.05, 0.1) is 7.11 Å². The van der Waals surface area contributed by atoms with Crippen LogP contribution in [0.1, 0.15) is 31.7 Å². The summed E-state index contributed by atoms with van der Waals surface area (Å²) < 4.78 is 33.2. The molecule has 0 spiro atoms. The molecule has 1 amide bonds. The number of hydrogen-bond donors (Lipinski definition) is 1. The first-order valence-electron chi connectivity index (χ1n) is 7.82. The second-order valence-corrected chi connectivity index (χ2v) is 7.47. The lowest BCUT2D eigenvalue weighted by Crippen LogP contribution is -2.46. The summed E-state index contributed by atoms with van der Waals surface area (Å²) in [5, 5.41) is 0. The number of carbonyl (C=O) groups excluding carboxylic acids is 1. The molecule has 1 fully saturated rings. The van der Waals surface area contributed by atoms with Crippen molar-refractivity contribution in [2.75, 3.05) is 20.2 Å². The highest BCUT2D eigenvalue weighted by atomic mass is 32.2. The highest BCUT2D eigenvalue weighted by molar-refractivity contribution is 7.89. The van der Waals surface area contributed by atoms with Crippen molar-refractivity contribution in [3.8, 4) is 5.75 Å². The number of methoxy groups -OCH3 is 1. The molecule has 1 aliphatic rings. The first-order valence-corrected chi connectivity index (χ1v) is 9.30. The number of rotatable bonds is 5. The molecule has 0 aromatic heterocycles. The fourth-order valence-electron chi connectivity index (χ4n) is 2.75. The molecule has 0 saturated carbocycles. The third kappa shape index (κ3) is 4.23. The van der Waals surface area contributed by atoms with Gasteiger partial charge in [0.2, 0.25) is 15.9 Å². The number of likely N-dealkylation sites (tertiary alicyclic amines) is 1. The number of amides is 1. The molecule has 0 atom stereocenters. The molecule has 23 heavy (non-hydrogen) atoms. The Morgan fingerprint density at radius 2 is 2.00 bits per heavy atom. The average molecular weight is 340 g/mol. The monoisotopic (exact) mass is 340 g/mol. The number of piperidine rings is 1. The van der Waals surface area contributed by atoms with E-state index in [1.165, 1.54) is 7.11 Å². The van der Waals surface area contributed by atoms with Crippen LogP contribution in [0.5, 0.6) is 5.75 Å². The van der Waals surface area contributed by atoms with E-state index in [1.54, 1.807) is 17.0 Å². The summed E-state index contributed by atoms with van der Waals surface area (Å²) in [7, 11) is -2.19. The van der Waals surface area contributed by atoms with E-state index < -0.39 is 10.0 Å². The molecule has 0 aliphatic carbocycles. The highest BCUT2D eigenvalue weighted by Gasteiger charge is 2.27. The summed E-state index contributed by atoms with van der Waals surface area (Å²) in [5.74, 6) is 0.452. The molecule has 128 valence electrons. The van der Waals surface area contributed by atoms with Crippen molar-refractivity contribution in [2.24, 2.45) is 0 Å². The summed E-state index contributed by atoms with van der Waals surface area (Å²) in [4.78, 5) is 13.6. The van der Waals surface area contributed by atoms with Crippen molar-refractivity contribution in [3.05, 3.63) is 23.8 Å². The van der Waals surface area contributed by atoms with Crippen molar-refractivity contribution >= 4 is 15.9 Å². The van der Waals surface area contributed by atoms with Crippen molar-refractivity contribution in [2.45, 2.75) is 44.0 Å². The van der Waals surface area contributed by atoms with Gasteiger partial charge in [0.15, 0.2) is 0 Å². The van der Waals surface area contributed by atoms with Crippen LogP contribution in [0, 0.1) is 6.92 Å². The second kappa shape index (κ2) is 7.31. The predicted molar refractivity (Wildman–Crippen MR) is 87.9 cm³/mol. The van der Waals surface area contributed by atoms with Gasteiger partial charge in [-0.25, -0.2) is 13.1 Å². The Morgan fingerprint density at radius 1 is 1.35 bits per heavy atom. The third-order valence-corrected chi connectivity index (χ3v) is 5.62. The third-order valence-electron chi connectivity index (χ3n) is 4.08. The number of ether oxygens (including phenoxy) is 1. The number of nitrogens with zero attached hydrogens (tertiary/aromatic N) is 1. The molecule has 1 N–H and O–H groups in total. The number of carbonyl (C=O) groups is 1. The fourth-order valence-corrected chi connectivity index (χ4v) is 4.31. The van der Waals surface area contributed by atoms with Gasteiger partial charge >= 0.3 is 0 Å². The Kier molecular flexibility index (Phi) is 5.64. The molecule has 6 nitrogen and oxygen atoms in total. The minimum atomic E-state index is -3.65. The largest absolute Gasteiger partial charge is 0.495 e. The predicted octanol–water partition coefficient (Wildman–Crippen LogP) is 1.68. The van der Waals surface area contributed by atoms with Crippen molar-refractivity contribution in [3.63, 3.8) is 0 Å². The zero-order valence-electron chi connectivity index (χ0n) is 13.8. The summed E-state index contributed by atoms with van der Waals surface area (Å²) >= 11 is 0. The van der Waals surface area contributed by atoms with Gasteiger partial charge in [-0.05, 0) is 37.5 Å². The van der Waals surface area contributed by atoms with Gasteiger partial charge in [0.1, 0.15) is 10.6 Å². The Labute approximate surface area is 137 Å². The molecule has 1 heterocycles. The van der Waals surface area contributed by atoms with Crippen LogP contribution in [-0.2, 0) is 14.8 Å². The first kappa shape index (κ1) is 17.7. The van der Waals surface area contributed by atoms with Crippen molar-refractivity contribution in [1.82, 2.24) is 9.62 Å². The smallest absolute Gasteiger partial charge is 0.244 e. The van der Waals surface area contributed by atoms with Gasteiger partial charge in [-0.1, -0.05) is 13.0 Å². The van der Waals surface area contributed by atoms with E-state index in [0.717, 1.165) is 5.56 Å². The van der Waals surface area contributed by atoms with Gasteiger partial charge < -0.3 is 9.64 Å². The fraction of sp³-hybridized carbons (Fsp3) is 0.562. The van der Waals surface area contributed by atoms with E-state index in [2.05, 4.69) is 4.72 Å². The number of aryl methyl sites for hydroxylation is 1. The highest BCUT2D eigenvalue weighted by Crippen LogP contribution is 2.25. The molecule has 0 bridgehead atoms. The number of benzene rings is 1. The minimum absolute atomic E-state index is 0.117. The molecule has 0 radical (unpaired) electrons. The minimum Gasteiger partial charge on any atom is -0.495 e. The molecular formula is C16H24N2O4S. The second-order valence-electron chi connectivity index (χ2n) is 5.78. The van der Waals surface area contributed by atoms with Crippen molar-refractivity contribution in [1.29, 1.82) is 0 Å². The average Bonchev–Trinajstić information content (AvgIpc) is 2.54. The molecule has 1 aliphatic heterocycles. The SMILES string of the molecule is CCC(=O)N1CCC(NS(=O)(=O)c2cc(C)ccc2OC)CC1. The van der Waals surface area contributed by atoms with Crippen LogP contribution in [0.4, 0.5) is 0 Å². The number of nitrogens with one attached hydrogen (secondary N) is 1. The molecule has 2 rings (SSSR count). The molecule has 0 unspecified atom stereocenters. The lowest BCUT2D eigenvalue weighted by atomic mass is 10.1. The van der Waals surface area contributed by atoms with E-state index in [-0.39, 0.29) is 16.8 Å². The zero-order chi connectivity index (χ0) is 17.0. The Balaban J connectivity index is 2.08. The molecule has 1 saturated heterocycles. The van der Waals surface area contributed by atoms with Crippen molar-refractivity contribution < 1.29 is 17.9 Å². The van der Waals surface area contributed by atoms with Crippen LogP contribution in [0.3, 0.4) is 0 Å². The maximum Gasteiger partial charge on any atom is 0.244 e. The van der Waals surface area contributed by atoms with Crippen LogP contribution in [0.25, 0.3) is 0 Å². The molecule has 7 heteroatoms. The van der Waals surface area contributed by atoms with Crippen LogP contribution in [0.2, 0.25) is 0 Å². The molecule has 1 aromatic carbocycles. The number of sulfonamides is 1. The lowest BCUT2D eigenvalue weighted by Gasteiger charge is -2.32. The standard InChI is InChI=1S/C16H24N2O4S/c1-4-16(19)18-9-7-13(8-10-18)17-23(20,21)15-11-12(2)5-6-14(15)22-3/h5-6,11,13,17H,4,7-10H2,1-3H3. The zero-order valence-corrected chi connectivity index (χ0v) is 14.6. The first-order chi connectivity index (χ1) is 10.9. The van der Waals surface area contributed by atoms with E-state index >= 15 is 0 Å².